The van der Waals surface area contributed by atoms with Crippen LogP contribution in [0.5, 0.6) is 0 Å². The predicted octanol–water partition coefficient (Wildman–Crippen LogP) is 4.06. The molecule has 1 aromatic heterocycles. The van der Waals surface area contributed by atoms with E-state index < -0.39 is 6.03 Å². The zero-order chi connectivity index (χ0) is 14.7. The van der Waals surface area contributed by atoms with E-state index >= 15 is 0 Å². The quantitative estimate of drug-likeness (QED) is 0.434. The second kappa shape index (κ2) is 5.36. The molecular formula is C14H10N6O. The van der Waals surface area contributed by atoms with Gasteiger partial charge in [0.05, 0.1) is 11.0 Å². The number of hydrogen-bond donors (Lipinski definition) is 1. The number of carbonyl (C=O) groups excluding carboxylic acids is 1. The van der Waals surface area contributed by atoms with Crippen molar-refractivity contribution in [2.75, 3.05) is 5.32 Å². The third-order valence-electron chi connectivity index (χ3n) is 2.91. The fraction of sp³-hybridized carbons (Fsp3) is 0. The van der Waals surface area contributed by atoms with Gasteiger partial charge >= 0.3 is 6.03 Å². The average Bonchev–Trinajstić information content (AvgIpc) is 2.86. The number of para-hydroxylation sites is 3. The predicted molar refractivity (Wildman–Crippen MR) is 79.4 cm³/mol. The van der Waals surface area contributed by atoms with Crippen LogP contribution >= 0.6 is 0 Å². The molecule has 1 N–H and O–H groups in total. The molecule has 7 heteroatoms. The molecular weight excluding hydrogens is 268 g/mol. The molecule has 0 aliphatic rings. The Labute approximate surface area is 119 Å². The number of nitrogens with one attached hydrogen (secondary N) is 1. The molecule has 0 radical (unpaired) electrons. The number of hydrogen-bond acceptors (Lipinski definition) is 3. The first-order chi connectivity index (χ1) is 10.3. The number of fused-ring (bicyclic) bond motifs is 1. The lowest BCUT2D eigenvalue weighted by Crippen LogP contribution is -2.18. The van der Waals surface area contributed by atoms with Crippen molar-refractivity contribution in [3.63, 3.8) is 0 Å². The van der Waals surface area contributed by atoms with E-state index in [-0.39, 0.29) is 5.95 Å². The van der Waals surface area contributed by atoms with Crippen LogP contribution in [0.2, 0.25) is 0 Å². The van der Waals surface area contributed by atoms with Gasteiger partial charge in [-0.3, -0.25) is 0 Å². The van der Waals surface area contributed by atoms with E-state index in [1.165, 1.54) is 4.57 Å². The number of rotatable bonds is 2. The van der Waals surface area contributed by atoms with Gasteiger partial charge in [-0.25, -0.2) is 14.3 Å². The molecule has 3 aromatic rings. The average molecular weight is 278 g/mol. The molecule has 0 bridgehead atoms. The van der Waals surface area contributed by atoms with Crippen molar-refractivity contribution in [2.45, 2.75) is 0 Å². The Bertz CT molecular complexity index is 848. The number of carbonyl (C=O) groups is 1. The third-order valence-corrected chi connectivity index (χ3v) is 2.91. The van der Waals surface area contributed by atoms with Crippen molar-refractivity contribution < 1.29 is 4.79 Å². The summed E-state index contributed by atoms with van der Waals surface area (Å²) in [6.07, 6.45) is 0. The van der Waals surface area contributed by atoms with Crippen LogP contribution < -0.4 is 5.32 Å². The Morgan fingerprint density at radius 1 is 1.14 bits per heavy atom. The van der Waals surface area contributed by atoms with Gasteiger partial charge in [0, 0.05) is 10.6 Å². The van der Waals surface area contributed by atoms with E-state index in [0.29, 0.717) is 16.7 Å². The summed E-state index contributed by atoms with van der Waals surface area (Å²) in [5.74, 6) is 0.00660. The first-order valence-electron chi connectivity index (χ1n) is 6.18. The van der Waals surface area contributed by atoms with Crippen LogP contribution in [0, 0.1) is 0 Å². The first kappa shape index (κ1) is 12.7. The van der Waals surface area contributed by atoms with Crippen LogP contribution in [-0.4, -0.2) is 15.6 Å². The van der Waals surface area contributed by atoms with Gasteiger partial charge in [0.1, 0.15) is 0 Å². The van der Waals surface area contributed by atoms with E-state index in [4.69, 9.17) is 5.53 Å². The van der Waals surface area contributed by atoms with Crippen LogP contribution in [0.4, 0.5) is 16.4 Å². The second-order valence-electron chi connectivity index (χ2n) is 4.22. The highest BCUT2D eigenvalue weighted by Crippen LogP contribution is 2.22. The topological polar surface area (TPSA) is 95.7 Å². The van der Waals surface area contributed by atoms with Crippen molar-refractivity contribution >= 4 is 28.7 Å². The summed E-state index contributed by atoms with van der Waals surface area (Å²) in [6.45, 7) is 0. The SMILES string of the molecule is [N-]=[N+]=Nc1nc2ccccc2n1C(=O)Nc1ccccc1. The van der Waals surface area contributed by atoms with Crippen molar-refractivity contribution in [1.82, 2.24) is 9.55 Å². The minimum absolute atomic E-state index is 0.00660. The maximum absolute atomic E-state index is 12.4. The van der Waals surface area contributed by atoms with E-state index in [2.05, 4.69) is 20.3 Å². The molecule has 0 spiro atoms. The van der Waals surface area contributed by atoms with Crippen LogP contribution in [0.15, 0.2) is 59.7 Å². The Kier molecular flexibility index (Phi) is 3.24. The highest BCUT2D eigenvalue weighted by atomic mass is 16.2. The molecule has 3 rings (SSSR count). The maximum atomic E-state index is 12.4. The molecule has 0 aliphatic heterocycles. The molecule has 21 heavy (non-hydrogen) atoms. The number of amides is 1. The van der Waals surface area contributed by atoms with Gasteiger partial charge < -0.3 is 5.32 Å². The summed E-state index contributed by atoms with van der Waals surface area (Å²) in [5.41, 5.74) is 10.4. The first-order valence-corrected chi connectivity index (χ1v) is 6.18. The summed E-state index contributed by atoms with van der Waals surface area (Å²) in [7, 11) is 0. The molecule has 0 atom stereocenters. The van der Waals surface area contributed by atoms with E-state index in [1.54, 1.807) is 36.4 Å². The van der Waals surface area contributed by atoms with Gasteiger partial charge in [0.15, 0.2) is 0 Å². The van der Waals surface area contributed by atoms with Crippen LogP contribution in [0.25, 0.3) is 21.5 Å². The molecule has 0 aliphatic carbocycles. The van der Waals surface area contributed by atoms with Crippen LogP contribution in [-0.2, 0) is 0 Å². The molecule has 1 heterocycles. The molecule has 7 nitrogen and oxygen atoms in total. The number of nitrogens with zero attached hydrogens (tertiary/aromatic N) is 5. The van der Waals surface area contributed by atoms with Crippen molar-refractivity contribution in [1.29, 1.82) is 0 Å². The summed E-state index contributed by atoms with van der Waals surface area (Å²) >= 11 is 0. The fourth-order valence-corrected chi connectivity index (χ4v) is 2.02. The molecule has 0 fully saturated rings. The van der Waals surface area contributed by atoms with Gasteiger partial charge in [-0.05, 0) is 34.9 Å². The fourth-order valence-electron chi connectivity index (χ4n) is 2.02. The normalized spacial score (nSPS) is 10.1. The highest BCUT2D eigenvalue weighted by Gasteiger charge is 2.15. The van der Waals surface area contributed by atoms with Crippen molar-refractivity contribution in [3.8, 4) is 0 Å². The Morgan fingerprint density at radius 2 is 1.86 bits per heavy atom. The van der Waals surface area contributed by atoms with Gasteiger partial charge in [-0.1, -0.05) is 30.3 Å². The minimum Gasteiger partial charge on any atom is -0.307 e. The summed E-state index contributed by atoms with van der Waals surface area (Å²) in [6, 6.07) is 15.7. The molecule has 0 saturated heterocycles. The Balaban J connectivity index is 2.08. The standard InChI is InChI=1S/C14H10N6O/c15-19-18-13-17-11-8-4-5-9-12(11)20(13)14(21)16-10-6-2-1-3-7-10/h1-9H,(H,16,21). The molecule has 0 saturated carbocycles. The van der Waals surface area contributed by atoms with E-state index in [0.717, 1.165) is 0 Å². The van der Waals surface area contributed by atoms with Gasteiger partial charge in [-0.15, -0.1) is 0 Å². The number of azide groups is 1. The van der Waals surface area contributed by atoms with Crippen molar-refractivity contribution in [3.05, 3.63) is 65.0 Å². The highest BCUT2D eigenvalue weighted by molar-refractivity contribution is 5.99. The van der Waals surface area contributed by atoms with Gasteiger partial charge in [-0.2, -0.15) is 0 Å². The number of imidazole rings is 1. The Morgan fingerprint density at radius 3 is 2.62 bits per heavy atom. The van der Waals surface area contributed by atoms with Crippen LogP contribution in [0.1, 0.15) is 0 Å². The molecule has 102 valence electrons. The Hall–Kier alpha value is -3.31. The smallest absolute Gasteiger partial charge is 0.307 e. The summed E-state index contributed by atoms with van der Waals surface area (Å²) in [4.78, 5) is 19.3. The zero-order valence-electron chi connectivity index (χ0n) is 10.8. The number of anilines is 1. The number of benzene rings is 2. The zero-order valence-corrected chi connectivity index (χ0v) is 10.8. The van der Waals surface area contributed by atoms with Gasteiger partial charge in [0.25, 0.3) is 0 Å². The second-order valence-corrected chi connectivity index (χ2v) is 4.22. The lowest BCUT2D eigenvalue weighted by atomic mass is 10.3. The lowest BCUT2D eigenvalue weighted by molar-refractivity contribution is 0.254. The number of aromatic nitrogens is 2. The largest absolute Gasteiger partial charge is 0.332 e. The summed E-state index contributed by atoms with van der Waals surface area (Å²) in [5, 5.41) is 6.21. The maximum Gasteiger partial charge on any atom is 0.332 e. The molecule has 1 amide bonds. The van der Waals surface area contributed by atoms with E-state index in [1.807, 2.05) is 18.2 Å². The van der Waals surface area contributed by atoms with Crippen molar-refractivity contribution in [2.24, 2.45) is 5.11 Å². The summed E-state index contributed by atoms with van der Waals surface area (Å²) < 4.78 is 1.25. The van der Waals surface area contributed by atoms with Crippen LogP contribution in [0.3, 0.4) is 0 Å². The minimum atomic E-state index is -0.433. The molecule has 0 unspecified atom stereocenters. The van der Waals surface area contributed by atoms with Gasteiger partial charge in [0.2, 0.25) is 5.95 Å². The lowest BCUT2D eigenvalue weighted by Gasteiger charge is -2.07. The molecule has 2 aromatic carbocycles. The monoisotopic (exact) mass is 278 g/mol. The third kappa shape index (κ3) is 2.41. The van der Waals surface area contributed by atoms with E-state index in [9.17, 15) is 4.79 Å².